The van der Waals surface area contributed by atoms with E-state index in [0.29, 0.717) is 5.75 Å². The van der Waals surface area contributed by atoms with Crippen molar-refractivity contribution in [1.82, 2.24) is 14.6 Å². The molecular weight excluding hydrogens is 530 g/mol. The number of nitrogens with zero attached hydrogens (tertiary/aromatic N) is 2. The highest BCUT2D eigenvalue weighted by atomic mass is 32.2. The largest absolute Gasteiger partial charge is 0.497 e. The van der Waals surface area contributed by atoms with Crippen LogP contribution in [0.5, 0.6) is 5.75 Å². The Bertz CT molecular complexity index is 1470. The van der Waals surface area contributed by atoms with Crippen molar-refractivity contribution in [2.45, 2.75) is 56.6 Å². The molecule has 0 amide bonds. The fourth-order valence-electron chi connectivity index (χ4n) is 5.45. The zero-order valence-electron chi connectivity index (χ0n) is 23.7. The molecule has 0 saturated heterocycles. The molecule has 41 heavy (non-hydrogen) atoms. The molecule has 214 valence electrons. The van der Waals surface area contributed by atoms with Gasteiger partial charge in [-0.3, -0.25) is 4.98 Å². The van der Waals surface area contributed by atoms with Gasteiger partial charge in [-0.05, 0) is 83.5 Å². The molecule has 7 heteroatoms. The lowest BCUT2D eigenvalue weighted by molar-refractivity contribution is 0.342. The van der Waals surface area contributed by atoms with Gasteiger partial charge in [-0.2, -0.15) is 4.31 Å². The lowest BCUT2D eigenvalue weighted by Crippen LogP contribution is -2.30. The maximum absolute atomic E-state index is 13.7. The second kappa shape index (κ2) is 13.9. The average molecular weight is 570 g/mol. The summed E-state index contributed by atoms with van der Waals surface area (Å²) in [5, 5.41) is 3.64. The predicted molar refractivity (Wildman–Crippen MR) is 164 cm³/mol. The van der Waals surface area contributed by atoms with Crippen molar-refractivity contribution in [1.29, 1.82) is 0 Å². The van der Waals surface area contributed by atoms with Gasteiger partial charge in [0.15, 0.2) is 0 Å². The molecule has 6 nitrogen and oxygen atoms in total. The zero-order valence-corrected chi connectivity index (χ0v) is 24.5. The fourth-order valence-corrected chi connectivity index (χ4v) is 6.87. The summed E-state index contributed by atoms with van der Waals surface area (Å²) in [6, 6.07) is 27.1. The highest BCUT2D eigenvalue weighted by Gasteiger charge is 2.25. The quantitative estimate of drug-likeness (QED) is 0.203. The van der Waals surface area contributed by atoms with Crippen molar-refractivity contribution in [2.24, 2.45) is 5.92 Å². The van der Waals surface area contributed by atoms with Crippen LogP contribution < -0.4 is 10.1 Å². The third kappa shape index (κ3) is 7.82. The van der Waals surface area contributed by atoms with E-state index in [0.717, 1.165) is 41.3 Å². The van der Waals surface area contributed by atoms with E-state index in [1.54, 1.807) is 43.8 Å². The van der Waals surface area contributed by atoms with Crippen LogP contribution in [0.4, 0.5) is 0 Å². The van der Waals surface area contributed by atoms with Crippen LogP contribution in [0, 0.1) is 5.92 Å². The van der Waals surface area contributed by atoms with Crippen molar-refractivity contribution >= 4 is 10.0 Å². The molecule has 0 atom stereocenters. The predicted octanol–water partition coefficient (Wildman–Crippen LogP) is 6.82. The van der Waals surface area contributed by atoms with Crippen molar-refractivity contribution in [3.8, 4) is 16.9 Å². The Morgan fingerprint density at radius 3 is 2.05 bits per heavy atom. The first kappa shape index (κ1) is 29.0. The second-order valence-corrected chi connectivity index (χ2v) is 12.8. The minimum Gasteiger partial charge on any atom is -0.497 e. The SMILES string of the molecule is COc1ccc(S(=O)(=O)N(Cc2ccc(-c3ccc(CNCC4CCCCC4)cc3)cc2)Cc2cccnc2)cc1. The molecule has 1 heterocycles. The zero-order chi connectivity index (χ0) is 28.5. The van der Waals surface area contributed by atoms with Crippen molar-refractivity contribution in [3.05, 3.63) is 114 Å². The Labute approximate surface area is 244 Å². The standard InChI is InChI=1S/C34H39N3O3S/c1-40-33-17-19-34(20-18-33)41(38,39)37(26-30-8-5-21-35-24-30)25-29-11-15-32(16-12-29)31-13-9-28(10-14-31)23-36-22-27-6-3-2-4-7-27/h5,8-21,24,27,36H,2-4,6-7,22-23,25-26H2,1H3. The van der Waals surface area contributed by atoms with Gasteiger partial charge in [0, 0.05) is 32.0 Å². The summed E-state index contributed by atoms with van der Waals surface area (Å²) < 4.78 is 34.1. The normalized spacial score (nSPS) is 14.3. The van der Waals surface area contributed by atoms with Crippen LogP contribution in [-0.4, -0.2) is 31.4 Å². The van der Waals surface area contributed by atoms with Gasteiger partial charge >= 0.3 is 0 Å². The van der Waals surface area contributed by atoms with Crippen molar-refractivity contribution in [2.75, 3.05) is 13.7 Å². The summed E-state index contributed by atoms with van der Waals surface area (Å²) in [5.74, 6) is 1.44. The highest BCUT2D eigenvalue weighted by molar-refractivity contribution is 7.89. The van der Waals surface area contributed by atoms with Crippen LogP contribution in [0.25, 0.3) is 11.1 Å². The van der Waals surface area contributed by atoms with Crippen LogP contribution in [0.2, 0.25) is 0 Å². The summed E-state index contributed by atoms with van der Waals surface area (Å²) in [5.41, 5.74) is 5.28. The van der Waals surface area contributed by atoms with Gasteiger partial charge in [0.25, 0.3) is 0 Å². The van der Waals surface area contributed by atoms with Crippen molar-refractivity contribution in [3.63, 3.8) is 0 Å². The van der Waals surface area contributed by atoms with Crippen molar-refractivity contribution < 1.29 is 13.2 Å². The molecule has 0 unspecified atom stereocenters. The number of methoxy groups -OCH3 is 1. The first-order valence-electron chi connectivity index (χ1n) is 14.4. The molecule has 3 aromatic carbocycles. The number of hydrogen-bond donors (Lipinski definition) is 1. The molecule has 1 fully saturated rings. The number of nitrogens with one attached hydrogen (secondary N) is 1. The summed E-state index contributed by atoms with van der Waals surface area (Å²) in [6.45, 7) is 2.47. The molecule has 4 aromatic rings. The molecule has 1 aliphatic carbocycles. The number of hydrogen-bond acceptors (Lipinski definition) is 5. The molecule has 1 saturated carbocycles. The molecule has 0 spiro atoms. The number of pyridine rings is 1. The van der Waals surface area contributed by atoms with E-state index in [9.17, 15) is 8.42 Å². The van der Waals surface area contributed by atoms with Crippen LogP contribution >= 0.6 is 0 Å². The number of ether oxygens (including phenoxy) is 1. The van der Waals surface area contributed by atoms with Gasteiger partial charge in [-0.15, -0.1) is 0 Å². The van der Waals surface area contributed by atoms with E-state index in [2.05, 4.69) is 46.7 Å². The fraction of sp³-hybridized carbons (Fsp3) is 0.324. The Morgan fingerprint density at radius 2 is 1.44 bits per heavy atom. The van der Waals surface area contributed by atoms with E-state index in [1.165, 1.54) is 42.0 Å². The van der Waals surface area contributed by atoms with Crippen LogP contribution in [0.3, 0.4) is 0 Å². The van der Waals surface area contributed by atoms with Gasteiger partial charge in [0.05, 0.1) is 12.0 Å². The van der Waals surface area contributed by atoms with Crippen LogP contribution in [0.1, 0.15) is 48.8 Å². The first-order valence-corrected chi connectivity index (χ1v) is 15.9. The van der Waals surface area contributed by atoms with Gasteiger partial charge in [0.2, 0.25) is 10.0 Å². The van der Waals surface area contributed by atoms with Gasteiger partial charge in [-0.25, -0.2) is 8.42 Å². The average Bonchev–Trinajstić information content (AvgIpc) is 3.02. The molecule has 0 bridgehead atoms. The number of sulfonamides is 1. The molecule has 0 radical (unpaired) electrons. The molecular formula is C34H39N3O3S. The Kier molecular flexibility index (Phi) is 9.83. The molecule has 1 aromatic heterocycles. The van der Waals surface area contributed by atoms with Gasteiger partial charge in [-0.1, -0.05) is 73.9 Å². The molecule has 0 aliphatic heterocycles. The smallest absolute Gasteiger partial charge is 0.243 e. The number of aromatic nitrogens is 1. The summed E-state index contributed by atoms with van der Waals surface area (Å²) in [6.07, 6.45) is 10.3. The van der Waals surface area contributed by atoms with E-state index in [-0.39, 0.29) is 18.0 Å². The lowest BCUT2D eigenvalue weighted by Gasteiger charge is -2.23. The van der Waals surface area contributed by atoms with Gasteiger partial charge in [0.1, 0.15) is 5.75 Å². The number of benzene rings is 3. The maximum atomic E-state index is 13.7. The van der Waals surface area contributed by atoms with Gasteiger partial charge < -0.3 is 10.1 Å². The monoisotopic (exact) mass is 569 g/mol. The molecule has 5 rings (SSSR count). The number of rotatable bonds is 12. The third-order valence-corrected chi connectivity index (χ3v) is 9.67. The lowest BCUT2D eigenvalue weighted by atomic mass is 9.89. The Morgan fingerprint density at radius 1 is 0.805 bits per heavy atom. The van der Waals surface area contributed by atoms with E-state index >= 15 is 0 Å². The van der Waals surface area contributed by atoms with E-state index < -0.39 is 10.0 Å². The Hall–Kier alpha value is -3.52. The first-order chi connectivity index (χ1) is 20.0. The summed E-state index contributed by atoms with van der Waals surface area (Å²) in [7, 11) is -2.20. The minimum absolute atomic E-state index is 0.222. The summed E-state index contributed by atoms with van der Waals surface area (Å²) >= 11 is 0. The highest BCUT2D eigenvalue weighted by Crippen LogP contribution is 2.26. The van der Waals surface area contributed by atoms with E-state index in [1.807, 2.05) is 24.3 Å². The molecule has 1 N–H and O–H groups in total. The molecule has 1 aliphatic rings. The van der Waals surface area contributed by atoms with E-state index in [4.69, 9.17) is 4.74 Å². The maximum Gasteiger partial charge on any atom is 0.243 e. The summed E-state index contributed by atoms with van der Waals surface area (Å²) in [4.78, 5) is 4.40. The second-order valence-electron chi connectivity index (χ2n) is 10.8. The van der Waals surface area contributed by atoms with Crippen LogP contribution in [0.15, 0.2) is 102 Å². The third-order valence-electron chi connectivity index (χ3n) is 7.87. The minimum atomic E-state index is -3.76. The van der Waals surface area contributed by atoms with Crippen LogP contribution in [-0.2, 0) is 29.7 Å². The Balaban J connectivity index is 1.26. The topological polar surface area (TPSA) is 71.5 Å².